The van der Waals surface area contributed by atoms with Crippen LogP contribution in [-0.2, 0) is 11.3 Å². The lowest BCUT2D eigenvalue weighted by molar-refractivity contribution is -0.128. The molecule has 1 amide bonds. The molecule has 4 aromatic rings. The maximum Gasteiger partial charge on any atom is 0.283 e. The molecule has 0 radical (unpaired) electrons. The second kappa shape index (κ2) is 7.59. The number of carbonyl (C=O) groups is 1. The Morgan fingerprint density at radius 3 is 2.86 bits per heavy atom. The van der Waals surface area contributed by atoms with Crippen LogP contribution in [0.3, 0.4) is 0 Å². The van der Waals surface area contributed by atoms with Crippen LogP contribution in [-0.4, -0.2) is 42.5 Å². The molecule has 3 aromatic heterocycles. The van der Waals surface area contributed by atoms with Gasteiger partial charge in [0.05, 0.1) is 12.1 Å². The van der Waals surface area contributed by atoms with Crippen LogP contribution in [0.25, 0.3) is 22.3 Å². The zero-order chi connectivity index (χ0) is 19.6. The highest BCUT2D eigenvalue weighted by Crippen LogP contribution is 2.32. The van der Waals surface area contributed by atoms with Gasteiger partial charge in [0.1, 0.15) is 5.03 Å². The number of rotatable bonds is 5. The molecule has 1 aromatic carbocycles. The summed E-state index contributed by atoms with van der Waals surface area (Å²) in [5.41, 5.74) is 1.66. The maximum absolute atomic E-state index is 11.8. The highest BCUT2D eigenvalue weighted by atomic mass is 32.2. The van der Waals surface area contributed by atoms with Crippen LogP contribution in [0.2, 0.25) is 0 Å². The van der Waals surface area contributed by atoms with Gasteiger partial charge in [-0.3, -0.25) is 9.78 Å². The Morgan fingerprint density at radius 1 is 1.10 bits per heavy atom. The molecule has 4 heterocycles. The lowest BCUT2D eigenvalue weighted by atomic mass is 10.2. The number of nitrogens with zero attached hydrogens (tertiary/aromatic N) is 6. The highest BCUT2D eigenvalue weighted by Gasteiger charge is 2.23. The normalized spacial score (nSPS) is 14.1. The summed E-state index contributed by atoms with van der Waals surface area (Å²) in [6, 6.07) is 11.6. The Morgan fingerprint density at radius 2 is 2.03 bits per heavy atom. The van der Waals surface area contributed by atoms with Crippen LogP contribution in [0.5, 0.6) is 0 Å². The van der Waals surface area contributed by atoms with E-state index in [2.05, 4.69) is 20.2 Å². The Labute approximate surface area is 170 Å². The SMILES string of the molecule is O=C1CCCN1Cc1nnc(Sc2nc(-c3cccnc3)nc3ccccc23)o1. The number of benzene rings is 1. The maximum atomic E-state index is 11.8. The Balaban J connectivity index is 1.46. The van der Waals surface area contributed by atoms with Gasteiger partial charge in [0.25, 0.3) is 5.22 Å². The Bertz CT molecular complexity index is 1180. The molecule has 5 rings (SSSR count). The van der Waals surface area contributed by atoms with Crippen molar-refractivity contribution < 1.29 is 9.21 Å². The van der Waals surface area contributed by atoms with Crippen molar-refractivity contribution in [3.8, 4) is 11.4 Å². The predicted octanol–water partition coefficient (Wildman–Crippen LogP) is 3.35. The highest BCUT2D eigenvalue weighted by molar-refractivity contribution is 7.99. The summed E-state index contributed by atoms with van der Waals surface area (Å²) in [6.07, 6.45) is 4.90. The van der Waals surface area contributed by atoms with Crippen molar-refractivity contribution in [2.24, 2.45) is 0 Å². The molecule has 8 nitrogen and oxygen atoms in total. The molecule has 0 bridgehead atoms. The molecule has 0 N–H and O–H groups in total. The summed E-state index contributed by atoms with van der Waals surface area (Å²) in [6.45, 7) is 1.08. The average Bonchev–Trinajstić information content (AvgIpc) is 3.37. The molecule has 0 atom stereocenters. The van der Waals surface area contributed by atoms with E-state index in [0.717, 1.165) is 34.5 Å². The fraction of sp³-hybridized carbons (Fsp3) is 0.200. The van der Waals surface area contributed by atoms with Crippen LogP contribution in [0.15, 0.2) is 63.5 Å². The lowest BCUT2D eigenvalue weighted by Crippen LogP contribution is -2.23. The topological polar surface area (TPSA) is 97.9 Å². The van der Waals surface area contributed by atoms with Crippen LogP contribution in [0.4, 0.5) is 0 Å². The molecule has 1 fully saturated rings. The van der Waals surface area contributed by atoms with Crippen molar-refractivity contribution in [1.29, 1.82) is 0 Å². The van der Waals surface area contributed by atoms with Gasteiger partial charge < -0.3 is 9.32 Å². The van der Waals surface area contributed by atoms with Crippen LogP contribution in [0, 0.1) is 0 Å². The monoisotopic (exact) mass is 404 g/mol. The third-order valence-corrected chi connectivity index (χ3v) is 5.46. The molecule has 1 saturated heterocycles. The van der Waals surface area contributed by atoms with Gasteiger partial charge in [0.2, 0.25) is 11.8 Å². The molecule has 0 aliphatic carbocycles. The molecule has 144 valence electrons. The minimum absolute atomic E-state index is 0.125. The van der Waals surface area contributed by atoms with E-state index in [1.54, 1.807) is 17.3 Å². The number of hydrogen-bond donors (Lipinski definition) is 0. The lowest BCUT2D eigenvalue weighted by Gasteiger charge is -2.11. The van der Waals surface area contributed by atoms with Crippen LogP contribution >= 0.6 is 11.8 Å². The molecular weight excluding hydrogens is 388 g/mol. The minimum atomic E-state index is 0.125. The fourth-order valence-corrected chi connectivity index (χ4v) is 4.01. The molecule has 0 spiro atoms. The van der Waals surface area contributed by atoms with Crippen molar-refractivity contribution in [3.63, 3.8) is 0 Å². The summed E-state index contributed by atoms with van der Waals surface area (Å²) in [4.78, 5) is 27.1. The van der Waals surface area contributed by atoms with Gasteiger partial charge in [-0.1, -0.05) is 18.2 Å². The van der Waals surface area contributed by atoms with E-state index in [-0.39, 0.29) is 5.91 Å². The number of likely N-dealkylation sites (tertiary alicyclic amines) is 1. The van der Waals surface area contributed by atoms with Crippen molar-refractivity contribution >= 4 is 28.6 Å². The van der Waals surface area contributed by atoms with Crippen molar-refractivity contribution in [3.05, 3.63) is 54.7 Å². The van der Waals surface area contributed by atoms with E-state index < -0.39 is 0 Å². The summed E-state index contributed by atoms with van der Waals surface area (Å²) >= 11 is 1.29. The van der Waals surface area contributed by atoms with E-state index in [1.807, 2.05) is 36.4 Å². The van der Waals surface area contributed by atoms with E-state index in [9.17, 15) is 4.79 Å². The van der Waals surface area contributed by atoms with E-state index >= 15 is 0 Å². The zero-order valence-electron chi connectivity index (χ0n) is 15.4. The summed E-state index contributed by atoms with van der Waals surface area (Å²) < 4.78 is 5.77. The molecule has 0 saturated carbocycles. The first-order valence-corrected chi connectivity index (χ1v) is 10.0. The van der Waals surface area contributed by atoms with Gasteiger partial charge in [-0.05, 0) is 36.4 Å². The van der Waals surface area contributed by atoms with Crippen molar-refractivity contribution in [1.82, 2.24) is 30.0 Å². The quantitative estimate of drug-likeness (QED) is 0.467. The molecule has 9 heteroatoms. The van der Waals surface area contributed by atoms with Gasteiger partial charge in [0, 0.05) is 36.3 Å². The second-order valence-electron chi connectivity index (χ2n) is 6.59. The first-order valence-electron chi connectivity index (χ1n) is 9.21. The first-order chi connectivity index (χ1) is 14.3. The van der Waals surface area contributed by atoms with Gasteiger partial charge >= 0.3 is 0 Å². The number of para-hydroxylation sites is 1. The minimum Gasteiger partial charge on any atom is -0.414 e. The standard InChI is InChI=1S/C20H16N6O2S/c27-17-8-4-10-26(17)12-16-24-25-20(28-16)29-19-14-6-1-2-7-15(14)22-18(23-19)13-5-3-9-21-11-13/h1-3,5-7,9,11H,4,8,10,12H2. The van der Waals surface area contributed by atoms with E-state index in [4.69, 9.17) is 9.40 Å². The van der Waals surface area contributed by atoms with Crippen molar-refractivity contribution in [2.45, 2.75) is 29.6 Å². The van der Waals surface area contributed by atoms with E-state index in [0.29, 0.717) is 29.9 Å². The third-order valence-electron chi connectivity index (χ3n) is 4.62. The van der Waals surface area contributed by atoms with Crippen LogP contribution < -0.4 is 0 Å². The van der Waals surface area contributed by atoms with Gasteiger partial charge in [-0.25, -0.2) is 9.97 Å². The fourth-order valence-electron chi connectivity index (χ4n) is 3.21. The third kappa shape index (κ3) is 3.68. The molecule has 1 aliphatic rings. The Kier molecular flexibility index (Phi) is 4.65. The predicted molar refractivity (Wildman–Crippen MR) is 106 cm³/mol. The molecule has 29 heavy (non-hydrogen) atoms. The molecule has 0 unspecified atom stereocenters. The number of fused-ring (bicyclic) bond motifs is 1. The average molecular weight is 404 g/mol. The van der Waals surface area contributed by atoms with Gasteiger partial charge in [0.15, 0.2) is 5.82 Å². The van der Waals surface area contributed by atoms with Gasteiger partial charge in [-0.2, -0.15) is 0 Å². The number of amides is 1. The first kappa shape index (κ1) is 17.7. The van der Waals surface area contributed by atoms with Crippen LogP contribution in [0.1, 0.15) is 18.7 Å². The van der Waals surface area contributed by atoms with E-state index in [1.165, 1.54) is 11.8 Å². The number of carbonyl (C=O) groups excluding carboxylic acids is 1. The smallest absolute Gasteiger partial charge is 0.283 e. The summed E-state index contributed by atoms with van der Waals surface area (Å²) in [5.74, 6) is 1.13. The van der Waals surface area contributed by atoms with Gasteiger partial charge in [-0.15, -0.1) is 10.2 Å². The Hall–Kier alpha value is -3.33. The summed E-state index contributed by atoms with van der Waals surface area (Å²) in [7, 11) is 0. The molecule has 1 aliphatic heterocycles. The number of hydrogen-bond acceptors (Lipinski definition) is 8. The summed E-state index contributed by atoms with van der Waals surface area (Å²) in [5, 5.41) is 10.2. The number of pyridine rings is 1. The molecular formula is C20H16N6O2S. The number of aromatic nitrogens is 5. The largest absolute Gasteiger partial charge is 0.414 e. The zero-order valence-corrected chi connectivity index (χ0v) is 16.2. The second-order valence-corrected chi connectivity index (χ2v) is 7.53. The van der Waals surface area contributed by atoms with Crippen molar-refractivity contribution in [2.75, 3.05) is 6.54 Å².